The van der Waals surface area contributed by atoms with Gasteiger partial charge in [0.1, 0.15) is 11.7 Å². The number of hydrogen-bond acceptors (Lipinski definition) is 5. The first kappa shape index (κ1) is 27.0. The molecule has 0 bridgehead atoms. The van der Waals surface area contributed by atoms with Crippen LogP contribution in [0.15, 0.2) is 57.7 Å². The molecule has 0 aliphatic rings. The largest absolute Gasteiger partial charge is 0.387 e. The second-order valence-electron chi connectivity index (χ2n) is 7.48. The van der Waals surface area contributed by atoms with Crippen LogP contribution < -0.4 is 17.3 Å². The number of rotatable bonds is 11. The van der Waals surface area contributed by atoms with E-state index in [1.807, 2.05) is 30.5 Å². The standard InChI is InChI=1S/C24H35N5.CH4N2/c1-3-5-7-12-23(26)29-24(27-15-6-4-2)16-19-13-14-22(28-18-19)21-11-9-8-10-20(21)17-25;1-3-2/h8-11,13-14,18H,3-7,12,15-17,25H2,1-2H3,(H2,26,27,29);1-2H2. The molecule has 0 spiro atoms. The summed E-state index contributed by atoms with van der Waals surface area (Å²) in [5, 5.41) is 2.75. The lowest BCUT2D eigenvalue weighted by Gasteiger charge is -2.09. The van der Waals surface area contributed by atoms with Gasteiger partial charge in [0.05, 0.1) is 5.69 Å². The van der Waals surface area contributed by atoms with Crippen LogP contribution in [0.2, 0.25) is 0 Å². The fourth-order valence-electron chi connectivity index (χ4n) is 3.09. The fourth-order valence-corrected chi connectivity index (χ4v) is 3.09. The van der Waals surface area contributed by atoms with Crippen LogP contribution in [-0.4, -0.2) is 29.9 Å². The van der Waals surface area contributed by atoms with Gasteiger partial charge in [-0.3, -0.25) is 9.98 Å². The van der Waals surface area contributed by atoms with Crippen LogP contribution in [0.4, 0.5) is 0 Å². The second-order valence-corrected chi connectivity index (χ2v) is 7.48. The Hall–Kier alpha value is -3.06. The number of pyridine rings is 1. The summed E-state index contributed by atoms with van der Waals surface area (Å²) >= 11 is 0. The number of unbranched alkanes of at least 4 members (excludes halogenated alkanes) is 3. The third kappa shape index (κ3) is 10.3. The normalized spacial score (nSPS) is 11.6. The highest BCUT2D eigenvalue weighted by Gasteiger charge is 2.07. The van der Waals surface area contributed by atoms with Crippen LogP contribution >= 0.6 is 0 Å². The van der Waals surface area contributed by atoms with Gasteiger partial charge in [-0.2, -0.15) is 5.10 Å². The number of benzene rings is 1. The quantitative estimate of drug-likeness (QED) is 0.158. The summed E-state index contributed by atoms with van der Waals surface area (Å²) in [4.78, 5) is 14.0. The van der Waals surface area contributed by atoms with Crippen LogP contribution in [0, 0.1) is 0 Å². The van der Waals surface area contributed by atoms with E-state index in [4.69, 9.17) is 11.5 Å². The predicted molar refractivity (Wildman–Crippen MR) is 138 cm³/mol. The molecule has 32 heavy (non-hydrogen) atoms. The van der Waals surface area contributed by atoms with E-state index in [1.54, 1.807) is 0 Å². The van der Waals surface area contributed by atoms with E-state index in [0.717, 1.165) is 60.4 Å². The van der Waals surface area contributed by atoms with Gasteiger partial charge in [-0.1, -0.05) is 63.4 Å². The van der Waals surface area contributed by atoms with Gasteiger partial charge in [-0.15, -0.1) is 0 Å². The van der Waals surface area contributed by atoms with E-state index in [-0.39, 0.29) is 0 Å². The second kappa shape index (κ2) is 16.6. The highest BCUT2D eigenvalue weighted by atomic mass is 15.1. The Balaban J connectivity index is 0.00000161. The fraction of sp³-hybridized carbons (Fsp3) is 0.440. The van der Waals surface area contributed by atoms with Crippen molar-refractivity contribution in [3.63, 3.8) is 0 Å². The zero-order valence-corrected chi connectivity index (χ0v) is 19.6. The third-order valence-electron chi connectivity index (χ3n) is 4.82. The molecule has 7 nitrogen and oxygen atoms in total. The molecule has 0 radical (unpaired) electrons. The Bertz CT molecular complexity index is 842. The number of hydrazone groups is 1. The minimum absolute atomic E-state index is 0.500. The molecule has 7 heteroatoms. The minimum atomic E-state index is 0.500. The van der Waals surface area contributed by atoms with Gasteiger partial charge in [0.2, 0.25) is 0 Å². The Labute approximate surface area is 192 Å². The van der Waals surface area contributed by atoms with Crippen LogP contribution in [-0.2, 0) is 13.0 Å². The summed E-state index contributed by atoms with van der Waals surface area (Å²) in [5.74, 6) is 5.83. The van der Waals surface area contributed by atoms with Crippen LogP contribution in [0.5, 0.6) is 0 Å². The third-order valence-corrected chi connectivity index (χ3v) is 4.82. The molecule has 0 amide bonds. The minimum Gasteiger partial charge on any atom is -0.387 e. The maximum Gasteiger partial charge on any atom is 0.129 e. The van der Waals surface area contributed by atoms with Crippen molar-refractivity contribution in [2.75, 3.05) is 6.54 Å². The number of amidine groups is 2. The van der Waals surface area contributed by atoms with Gasteiger partial charge >= 0.3 is 0 Å². The number of nitrogens with zero attached hydrogens (tertiary/aromatic N) is 4. The molecule has 6 N–H and O–H groups in total. The first-order chi connectivity index (χ1) is 15.6. The molecule has 0 aliphatic carbocycles. The van der Waals surface area contributed by atoms with Gasteiger partial charge in [-0.05, 0) is 30.0 Å². The summed E-state index contributed by atoms with van der Waals surface area (Å²) in [6.07, 6.45) is 8.97. The molecule has 1 aromatic carbocycles. The van der Waals surface area contributed by atoms with Crippen LogP contribution in [0.1, 0.15) is 63.5 Å². The van der Waals surface area contributed by atoms with Crippen LogP contribution in [0.25, 0.3) is 11.3 Å². The summed E-state index contributed by atoms with van der Waals surface area (Å²) in [6.45, 7) is 8.53. The molecule has 0 aliphatic heterocycles. The summed E-state index contributed by atoms with van der Waals surface area (Å²) in [5.41, 5.74) is 16.2. The molecule has 0 saturated heterocycles. The molecule has 0 atom stereocenters. The zero-order valence-electron chi connectivity index (χ0n) is 19.6. The molecule has 2 rings (SSSR count). The van der Waals surface area contributed by atoms with Crippen LogP contribution in [0.3, 0.4) is 0 Å². The van der Waals surface area contributed by atoms with E-state index in [0.29, 0.717) is 18.8 Å². The Morgan fingerprint density at radius 2 is 1.75 bits per heavy atom. The number of aliphatic imine (C=N–C) groups is 2. The first-order valence-corrected chi connectivity index (χ1v) is 11.3. The van der Waals surface area contributed by atoms with E-state index < -0.39 is 0 Å². The van der Waals surface area contributed by atoms with Crippen molar-refractivity contribution >= 4 is 18.4 Å². The van der Waals surface area contributed by atoms with Gasteiger partial charge in [0, 0.05) is 44.4 Å². The van der Waals surface area contributed by atoms with Crippen molar-refractivity contribution in [3.05, 3.63) is 53.7 Å². The van der Waals surface area contributed by atoms with Crippen molar-refractivity contribution in [2.45, 2.75) is 65.3 Å². The molecular weight excluding hydrogens is 398 g/mol. The molecule has 1 aromatic heterocycles. The molecule has 174 valence electrons. The lowest BCUT2D eigenvalue weighted by atomic mass is 10.0. The molecule has 0 fully saturated rings. The van der Waals surface area contributed by atoms with E-state index in [2.05, 4.69) is 58.6 Å². The molecule has 2 aromatic rings. The Morgan fingerprint density at radius 1 is 1.03 bits per heavy atom. The van der Waals surface area contributed by atoms with E-state index >= 15 is 0 Å². The molecule has 0 unspecified atom stereocenters. The molecule has 1 heterocycles. The predicted octanol–water partition coefficient (Wildman–Crippen LogP) is 4.45. The highest BCUT2D eigenvalue weighted by molar-refractivity contribution is 5.97. The monoisotopic (exact) mass is 437 g/mol. The average Bonchev–Trinajstić information content (AvgIpc) is 2.80. The average molecular weight is 438 g/mol. The molecule has 0 saturated carbocycles. The van der Waals surface area contributed by atoms with Crippen molar-refractivity contribution in [1.82, 2.24) is 4.98 Å². The zero-order chi connectivity index (χ0) is 23.6. The molecular formula is C25H39N7. The van der Waals surface area contributed by atoms with Gasteiger partial charge < -0.3 is 17.3 Å². The Kier molecular flexibility index (Phi) is 14.0. The van der Waals surface area contributed by atoms with Gasteiger partial charge in [0.15, 0.2) is 0 Å². The maximum atomic E-state index is 6.15. The smallest absolute Gasteiger partial charge is 0.129 e. The van der Waals surface area contributed by atoms with Gasteiger partial charge in [-0.25, -0.2) is 4.99 Å². The summed E-state index contributed by atoms with van der Waals surface area (Å²) in [6, 6.07) is 12.2. The summed E-state index contributed by atoms with van der Waals surface area (Å²) < 4.78 is 0. The van der Waals surface area contributed by atoms with E-state index in [9.17, 15) is 0 Å². The van der Waals surface area contributed by atoms with Crippen molar-refractivity contribution < 1.29 is 0 Å². The first-order valence-electron chi connectivity index (χ1n) is 11.3. The number of hydrogen-bond donors (Lipinski definition) is 3. The topological polar surface area (TPSA) is 128 Å². The van der Waals surface area contributed by atoms with Crippen molar-refractivity contribution in [2.24, 2.45) is 32.4 Å². The maximum absolute atomic E-state index is 6.15. The lowest BCUT2D eigenvalue weighted by molar-refractivity contribution is 0.740. The van der Waals surface area contributed by atoms with Gasteiger partial charge in [0.25, 0.3) is 0 Å². The lowest BCUT2D eigenvalue weighted by Crippen LogP contribution is -2.15. The highest BCUT2D eigenvalue weighted by Crippen LogP contribution is 2.21. The Morgan fingerprint density at radius 3 is 2.38 bits per heavy atom. The summed E-state index contributed by atoms with van der Waals surface area (Å²) in [7, 11) is 0. The number of nitrogens with two attached hydrogens (primary N) is 3. The SMILES string of the molecule is C=NN.CCCCCC(N)=NC(Cc1ccc(-c2ccccc2CN)nc1)=NCCCC. The van der Waals surface area contributed by atoms with Crippen molar-refractivity contribution in [1.29, 1.82) is 0 Å². The van der Waals surface area contributed by atoms with Crippen molar-refractivity contribution in [3.8, 4) is 11.3 Å². The number of aromatic nitrogens is 1. The van der Waals surface area contributed by atoms with E-state index in [1.165, 1.54) is 12.8 Å².